The topological polar surface area (TPSA) is 52.0 Å². The van der Waals surface area contributed by atoms with Gasteiger partial charge in [-0.15, -0.1) is 0 Å². The van der Waals surface area contributed by atoms with E-state index in [2.05, 4.69) is 18.2 Å². The van der Waals surface area contributed by atoms with Crippen LogP contribution in [0.3, 0.4) is 0 Å². The zero-order chi connectivity index (χ0) is 9.26. The summed E-state index contributed by atoms with van der Waals surface area (Å²) in [4.78, 5) is 0. The summed E-state index contributed by atoms with van der Waals surface area (Å²) in [5.74, 6) is 0. The minimum Gasteiger partial charge on any atom is -0.327 e. The molecule has 2 heteroatoms. The molecule has 1 aromatic carbocycles. The van der Waals surface area contributed by atoms with Crippen molar-refractivity contribution in [3.63, 3.8) is 0 Å². The van der Waals surface area contributed by atoms with Crippen LogP contribution in [0, 0.1) is 0 Å². The second-order valence-electron chi connectivity index (χ2n) is 3.81. The standard InChI is InChI=1S/C11H16N2/c12-7-8-1-2-10-6-11(13)4-3-9(10)5-8/h1-2,5,11H,3-4,6-7,12-13H2. The molecule has 13 heavy (non-hydrogen) atoms. The molecule has 1 aromatic rings. The van der Waals surface area contributed by atoms with E-state index in [1.54, 1.807) is 0 Å². The third kappa shape index (κ3) is 1.74. The van der Waals surface area contributed by atoms with Crippen LogP contribution in [0.25, 0.3) is 0 Å². The highest BCUT2D eigenvalue weighted by molar-refractivity contribution is 5.34. The molecule has 0 spiro atoms. The van der Waals surface area contributed by atoms with E-state index in [1.165, 1.54) is 16.7 Å². The molecule has 1 atom stereocenters. The molecule has 4 N–H and O–H groups in total. The molecule has 0 saturated heterocycles. The average molecular weight is 176 g/mol. The molecule has 0 aromatic heterocycles. The van der Waals surface area contributed by atoms with Gasteiger partial charge in [-0.2, -0.15) is 0 Å². The Morgan fingerprint density at radius 1 is 1.31 bits per heavy atom. The predicted molar refractivity (Wildman–Crippen MR) is 54.3 cm³/mol. The lowest BCUT2D eigenvalue weighted by atomic mass is 9.88. The summed E-state index contributed by atoms with van der Waals surface area (Å²) in [5.41, 5.74) is 15.6. The number of rotatable bonds is 1. The quantitative estimate of drug-likeness (QED) is 0.669. The number of hydrogen-bond acceptors (Lipinski definition) is 2. The van der Waals surface area contributed by atoms with Crippen molar-refractivity contribution in [2.45, 2.75) is 31.8 Å². The van der Waals surface area contributed by atoms with Crippen LogP contribution in [0.1, 0.15) is 23.1 Å². The molecule has 2 nitrogen and oxygen atoms in total. The molecule has 0 bridgehead atoms. The van der Waals surface area contributed by atoms with Crippen molar-refractivity contribution in [1.29, 1.82) is 0 Å². The third-order valence-electron chi connectivity index (χ3n) is 2.77. The van der Waals surface area contributed by atoms with Gasteiger partial charge < -0.3 is 11.5 Å². The van der Waals surface area contributed by atoms with Crippen LogP contribution in [0.4, 0.5) is 0 Å². The Hall–Kier alpha value is -0.860. The molecule has 0 heterocycles. The van der Waals surface area contributed by atoms with E-state index in [1.807, 2.05) is 0 Å². The summed E-state index contributed by atoms with van der Waals surface area (Å²) in [6.07, 6.45) is 3.26. The maximum Gasteiger partial charge on any atom is 0.0178 e. The van der Waals surface area contributed by atoms with E-state index < -0.39 is 0 Å². The highest BCUT2D eigenvalue weighted by atomic mass is 14.6. The first-order valence-corrected chi connectivity index (χ1v) is 4.86. The van der Waals surface area contributed by atoms with Gasteiger partial charge in [-0.3, -0.25) is 0 Å². The average Bonchev–Trinajstić information content (AvgIpc) is 2.17. The van der Waals surface area contributed by atoms with Crippen molar-refractivity contribution in [3.8, 4) is 0 Å². The first-order valence-electron chi connectivity index (χ1n) is 4.86. The van der Waals surface area contributed by atoms with E-state index in [0.29, 0.717) is 12.6 Å². The van der Waals surface area contributed by atoms with Gasteiger partial charge in [0.15, 0.2) is 0 Å². The molecule has 1 aliphatic carbocycles. The second-order valence-corrected chi connectivity index (χ2v) is 3.81. The summed E-state index contributed by atoms with van der Waals surface area (Å²) in [6, 6.07) is 6.87. The summed E-state index contributed by atoms with van der Waals surface area (Å²) in [5, 5.41) is 0. The molecular weight excluding hydrogens is 160 g/mol. The third-order valence-corrected chi connectivity index (χ3v) is 2.77. The van der Waals surface area contributed by atoms with E-state index in [0.717, 1.165) is 19.3 Å². The molecule has 0 aliphatic heterocycles. The van der Waals surface area contributed by atoms with Crippen LogP contribution in [0.15, 0.2) is 18.2 Å². The summed E-state index contributed by atoms with van der Waals surface area (Å²) < 4.78 is 0. The number of aryl methyl sites for hydroxylation is 1. The number of nitrogens with two attached hydrogens (primary N) is 2. The maximum absolute atomic E-state index is 5.90. The molecule has 1 unspecified atom stereocenters. The number of benzene rings is 1. The van der Waals surface area contributed by atoms with Gasteiger partial charge in [-0.25, -0.2) is 0 Å². The van der Waals surface area contributed by atoms with Gasteiger partial charge >= 0.3 is 0 Å². The lowest BCUT2D eigenvalue weighted by molar-refractivity contribution is 0.576. The van der Waals surface area contributed by atoms with Crippen LogP contribution in [-0.2, 0) is 19.4 Å². The summed E-state index contributed by atoms with van der Waals surface area (Å²) in [7, 11) is 0. The number of hydrogen-bond donors (Lipinski definition) is 2. The summed E-state index contributed by atoms with van der Waals surface area (Å²) in [6.45, 7) is 0.638. The maximum atomic E-state index is 5.90. The van der Waals surface area contributed by atoms with Crippen LogP contribution in [0.5, 0.6) is 0 Å². The van der Waals surface area contributed by atoms with Gasteiger partial charge in [0.2, 0.25) is 0 Å². The molecule has 2 rings (SSSR count). The predicted octanol–water partition coefficient (Wildman–Crippen LogP) is 0.961. The zero-order valence-corrected chi connectivity index (χ0v) is 7.79. The largest absolute Gasteiger partial charge is 0.327 e. The Bertz CT molecular complexity index is 307. The minimum atomic E-state index is 0.358. The second kappa shape index (κ2) is 3.48. The SMILES string of the molecule is NCc1ccc2c(c1)CCC(N)C2. The fourth-order valence-corrected chi connectivity index (χ4v) is 1.96. The van der Waals surface area contributed by atoms with Crippen LogP contribution in [0.2, 0.25) is 0 Å². The normalized spacial score (nSPS) is 21.2. The Labute approximate surface area is 78.9 Å². The van der Waals surface area contributed by atoms with E-state index in [4.69, 9.17) is 11.5 Å². The first kappa shape index (κ1) is 8.73. The fourth-order valence-electron chi connectivity index (χ4n) is 1.96. The van der Waals surface area contributed by atoms with Gasteiger partial charge in [-0.05, 0) is 36.0 Å². The van der Waals surface area contributed by atoms with Gasteiger partial charge in [0.1, 0.15) is 0 Å². The highest BCUT2D eigenvalue weighted by Crippen LogP contribution is 2.21. The van der Waals surface area contributed by atoms with Gasteiger partial charge in [0.05, 0.1) is 0 Å². The van der Waals surface area contributed by atoms with Crippen molar-refractivity contribution in [2.75, 3.05) is 0 Å². The number of fused-ring (bicyclic) bond motifs is 1. The smallest absolute Gasteiger partial charge is 0.0178 e. The Morgan fingerprint density at radius 2 is 2.15 bits per heavy atom. The van der Waals surface area contributed by atoms with Gasteiger partial charge in [-0.1, -0.05) is 18.2 Å². The molecule has 0 saturated carbocycles. The lowest BCUT2D eigenvalue weighted by Crippen LogP contribution is -2.27. The van der Waals surface area contributed by atoms with Crippen LogP contribution >= 0.6 is 0 Å². The lowest BCUT2D eigenvalue weighted by Gasteiger charge is -2.21. The van der Waals surface area contributed by atoms with Crippen molar-refractivity contribution in [3.05, 3.63) is 34.9 Å². The minimum absolute atomic E-state index is 0.358. The van der Waals surface area contributed by atoms with Crippen molar-refractivity contribution < 1.29 is 0 Å². The van der Waals surface area contributed by atoms with Crippen molar-refractivity contribution in [1.82, 2.24) is 0 Å². The molecule has 0 radical (unpaired) electrons. The first-order chi connectivity index (χ1) is 6.29. The van der Waals surface area contributed by atoms with Crippen molar-refractivity contribution in [2.24, 2.45) is 11.5 Å². The Balaban J connectivity index is 2.31. The van der Waals surface area contributed by atoms with Gasteiger partial charge in [0.25, 0.3) is 0 Å². The Morgan fingerprint density at radius 3 is 2.92 bits per heavy atom. The van der Waals surface area contributed by atoms with E-state index in [-0.39, 0.29) is 0 Å². The monoisotopic (exact) mass is 176 g/mol. The van der Waals surface area contributed by atoms with Gasteiger partial charge in [0, 0.05) is 12.6 Å². The molecule has 0 amide bonds. The van der Waals surface area contributed by atoms with Crippen molar-refractivity contribution >= 4 is 0 Å². The van der Waals surface area contributed by atoms with E-state index >= 15 is 0 Å². The molecular formula is C11H16N2. The fraction of sp³-hybridized carbons (Fsp3) is 0.455. The van der Waals surface area contributed by atoms with Crippen LogP contribution in [-0.4, -0.2) is 6.04 Å². The molecule has 0 fully saturated rings. The molecule has 70 valence electrons. The summed E-state index contributed by atoms with van der Waals surface area (Å²) >= 11 is 0. The zero-order valence-electron chi connectivity index (χ0n) is 7.79. The Kier molecular flexibility index (Phi) is 2.34. The van der Waals surface area contributed by atoms with Crippen LogP contribution < -0.4 is 11.5 Å². The van der Waals surface area contributed by atoms with E-state index in [9.17, 15) is 0 Å². The molecule has 1 aliphatic rings. The highest BCUT2D eigenvalue weighted by Gasteiger charge is 2.14.